The number of hydrogen-bond donors (Lipinski definition) is 2. The van der Waals surface area contributed by atoms with Crippen molar-refractivity contribution in [1.29, 1.82) is 0 Å². The highest BCUT2D eigenvalue weighted by Gasteiger charge is 2.40. The molecule has 1 aromatic rings. The van der Waals surface area contributed by atoms with E-state index in [0.29, 0.717) is 5.56 Å². The lowest BCUT2D eigenvalue weighted by Gasteiger charge is -2.27. The zero-order chi connectivity index (χ0) is 16.1. The molecule has 0 aromatic heterocycles. The van der Waals surface area contributed by atoms with Crippen LogP contribution < -0.4 is 5.32 Å². The number of ether oxygens (including phenoxy) is 2. The molecule has 0 radical (unpaired) electrons. The molecular weight excluding hydrogens is 274 g/mol. The van der Waals surface area contributed by atoms with E-state index < -0.39 is 23.3 Å². The molecule has 0 saturated carbocycles. The number of rotatable bonds is 4. The Kier molecular flexibility index (Phi) is 5.32. The molecule has 21 heavy (non-hydrogen) atoms. The Labute approximate surface area is 124 Å². The summed E-state index contributed by atoms with van der Waals surface area (Å²) in [6, 6.07) is 8.26. The van der Waals surface area contributed by atoms with Crippen LogP contribution in [0.15, 0.2) is 30.3 Å². The molecule has 0 saturated heterocycles. The van der Waals surface area contributed by atoms with Gasteiger partial charge in [0.1, 0.15) is 5.60 Å². The quantitative estimate of drug-likeness (QED) is 0.824. The summed E-state index contributed by atoms with van der Waals surface area (Å²) in [4.78, 5) is 23.5. The first-order chi connectivity index (χ1) is 9.69. The number of esters is 1. The van der Waals surface area contributed by atoms with E-state index in [0.717, 1.165) is 0 Å². The zero-order valence-electron chi connectivity index (χ0n) is 12.7. The van der Waals surface area contributed by atoms with Crippen molar-refractivity contribution in [2.75, 3.05) is 13.7 Å². The minimum Gasteiger partial charge on any atom is -0.467 e. The number of hydrogen-bond acceptors (Lipinski definition) is 5. The fraction of sp³-hybridized carbons (Fsp3) is 0.467. The predicted molar refractivity (Wildman–Crippen MR) is 76.6 cm³/mol. The average molecular weight is 295 g/mol. The molecule has 0 unspecified atom stereocenters. The van der Waals surface area contributed by atoms with Gasteiger partial charge >= 0.3 is 12.1 Å². The lowest BCUT2D eigenvalue weighted by molar-refractivity contribution is -0.163. The van der Waals surface area contributed by atoms with E-state index in [1.54, 1.807) is 51.1 Å². The molecule has 0 aliphatic rings. The second-order valence-corrected chi connectivity index (χ2v) is 5.57. The summed E-state index contributed by atoms with van der Waals surface area (Å²) in [5.74, 6) is -0.857. The molecule has 1 atom stereocenters. The van der Waals surface area contributed by atoms with Gasteiger partial charge in [-0.2, -0.15) is 0 Å². The summed E-state index contributed by atoms with van der Waals surface area (Å²) in [5.41, 5.74) is -2.31. The summed E-state index contributed by atoms with van der Waals surface area (Å²) < 4.78 is 9.69. The Bertz CT molecular complexity index is 495. The third-order valence-corrected chi connectivity index (χ3v) is 2.66. The van der Waals surface area contributed by atoms with Gasteiger partial charge in [-0.25, -0.2) is 9.59 Å². The summed E-state index contributed by atoms with van der Waals surface area (Å²) in [7, 11) is 1.17. The molecule has 1 rings (SSSR count). The highest BCUT2D eigenvalue weighted by Crippen LogP contribution is 2.22. The monoisotopic (exact) mass is 295 g/mol. The van der Waals surface area contributed by atoms with E-state index in [1.807, 2.05) is 0 Å². The molecule has 0 aliphatic heterocycles. The fourth-order valence-electron chi connectivity index (χ4n) is 1.69. The van der Waals surface area contributed by atoms with Crippen LogP contribution in [-0.2, 0) is 19.9 Å². The molecule has 0 aliphatic carbocycles. The van der Waals surface area contributed by atoms with Gasteiger partial charge in [0.05, 0.1) is 13.7 Å². The van der Waals surface area contributed by atoms with Crippen molar-refractivity contribution >= 4 is 12.1 Å². The topological polar surface area (TPSA) is 84.9 Å². The normalized spacial score (nSPS) is 14.0. The second-order valence-electron chi connectivity index (χ2n) is 5.57. The number of amides is 1. The minimum absolute atomic E-state index is 0.327. The number of aliphatic hydroxyl groups is 1. The van der Waals surface area contributed by atoms with Crippen molar-refractivity contribution in [1.82, 2.24) is 5.32 Å². The van der Waals surface area contributed by atoms with Crippen LogP contribution in [0.25, 0.3) is 0 Å². The zero-order valence-corrected chi connectivity index (χ0v) is 12.7. The number of methoxy groups -OCH3 is 1. The standard InChI is InChI=1S/C15H21NO5/c1-14(2,3)21-13(18)16-10-15(19,12(17)20-4)11-8-6-5-7-9-11/h5-9,19H,10H2,1-4H3,(H,16,18)/t15-/m1/s1. The third-order valence-electron chi connectivity index (χ3n) is 2.66. The molecule has 0 spiro atoms. The van der Waals surface area contributed by atoms with Gasteiger partial charge in [-0.15, -0.1) is 0 Å². The largest absolute Gasteiger partial charge is 0.467 e. The molecule has 0 fully saturated rings. The highest BCUT2D eigenvalue weighted by molar-refractivity contribution is 5.82. The van der Waals surface area contributed by atoms with E-state index in [1.165, 1.54) is 7.11 Å². The van der Waals surface area contributed by atoms with Gasteiger partial charge in [0.2, 0.25) is 5.60 Å². The second kappa shape index (κ2) is 6.58. The number of alkyl carbamates (subject to hydrolysis) is 1. The van der Waals surface area contributed by atoms with Crippen molar-refractivity contribution < 1.29 is 24.2 Å². The molecule has 0 bridgehead atoms. The Morgan fingerprint density at radius 3 is 2.24 bits per heavy atom. The van der Waals surface area contributed by atoms with Gasteiger partial charge in [0.25, 0.3) is 0 Å². The molecule has 0 heterocycles. The van der Waals surface area contributed by atoms with Crippen LogP contribution in [0.2, 0.25) is 0 Å². The maximum Gasteiger partial charge on any atom is 0.407 e. The van der Waals surface area contributed by atoms with Crippen LogP contribution in [0.1, 0.15) is 26.3 Å². The summed E-state index contributed by atoms with van der Waals surface area (Å²) >= 11 is 0. The first-order valence-electron chi connectivity index (χ1n) is 6.52. The van der Waals surface area contributed by atoms with Gasteiger partial charge in [-0.05, 0) is 26.3 Å². The van der Waals surface area contributed by atoms with E-state index in [4.69, 9.17) is 4.74 Å². The molecular formula is C15H21NO5. The maximum absolute atomic E-state index is 11.9. The molecule has 1 aromatic carbocycles. The Balaban J connectivity index is 2.86. The van der Waals surface area contributed by atoms with Gasteiger partial charge in [-0.3, -0.25) is 0 Å². The predicted octanol–water partition coefficient (Wildman–Crippen LogP) is 1.57. The van der Waals surface area contributed by atoms with Gasteiger partial charge in [0.15, 0.2) is 0 Å². The van der Waals surface area contributed by atoms with E-state index in [9.17, 15) is 14.7 Å². The van der Waals surface area contributed by atoms with Crippen molar-refractivity contribution in [3.05, 3.63) is 35.9 Å². The van der Waals surface area contributed by atoms with Gasteiger partial charge in [-0.1, -0.05) is 30.3 Å². The molecule has 1 amide bonds. The van der Waals surface area contributed by atoms with Crippen molar-refractivity contribution in [3.63, 3.8) is 0 Å². The van der Waals surface area contributed by atoms with Crippen molar-refractivity contribution in [2.24, 2.45) is 0 Å². The van der Waals surface area contributed by atoms with Crippen LogP contribution in [-0.4, -0.2) is 36.4 Å². The molecule has 2 N–H and O–H groups in total. The molecule has 6 heteroatoms. The minimum atomic E-state index is -1.97. The summed E-state index contributed by atoms with van der Waals surface area (Å²) in [6.07, 6.45) is -0.722. The Morgan fingerprint density at radius 1 is 1.19 bits per heavy atom. The Hall–Kier alpha value is -2.08. The highest BCUT2D eigenvalue weighted by atomic mass is 16.6. The van der Waals surface area contributed by atoms with Crippen LogP contribution in [0.5, 0.6) is 0 Å². The first-order valence-corrected chi connectivity index (χ1v) is 6.52. The van der Waals surface area contributed by atoms with Crippen LogP contribution >= 0.6 is 0 Å². The number of nitrogens with one attached hydrogen (secondary N) is 1. The van der Waals surface area contributed by atoms with Crippen LogP contribution in [0.4, 0.5) is 4.79 Å². The van der Waals surface area contributed by atoms with Crippen LogP contribution in [0, 0.1) is 0 Å². The number of carbonyl (C=O) groups excluding carboxylic acids is 2. The van der Waals surface area contributed by atoms with Crippen molar-refractivity contribution in [3.8, 4) is 0 Å². The molecule has 6 nitrogen and oxygen atoms in total. The summed E-state index contributed by atoms with van der Waals surface area (Å²) in [5, 5.41) is 12.9. The summed E-state index contributed by atoms with van der Waals surface area (Å²) in [6.45, 7) is 4.81. The lowest BCUT2D eigenvalue weighted by atomic mass is 9.94. The number of benzene rings is 1. The average Bonchev–Trinajstić information content (AvgIpc) is 2.43. The SMILES string of the molecule is COC(=O)[C@@](O)(CNC(=O)OC(C)(C)C)c1ccccc1. The van der Waals surface area contributed by atoms with E-state index >= 15 is 0 Å². The Morgan fingerprint density at radius 2 is 1.76 bits per heavy atom. The van der Waals surface area contributed by atoms with Gasteiger partial charge in [0, 0.05) is 0 Å². The fourth-order valence-corrected chi connectivity index (χ4v) is 1.69. The molecule has 116 valence electrons. The van der Waals surface area contributed by atoms with Crippen LogP contribution in [0.3, 0.4) is 0 Å². The lowest BCUT2D eigenvalue weighted by Crippen LogP contribution is -2.48. The van der Waals surface area contributed by atoms with E-state index in [-0.39, 0.29) is 6.54 Å². The van der Waals surface area contributed by atoms with Gasteiger partial charge < -0.3 is 19.9 Å². The third kappa shape index (κ3) is 4.75. The number of carbonyl (C=O) groups is 2. The first kappa shape index (κ1) is 17.0. The van der Waals surface area contributed by atoms with E-state index in [2.05, 4.69) is 10.1 Å². The smallest absolute Gasteiger partial charge is 0.407 e. The van der Waals surface area contributed by atoms with Crippen molar-refractivity contribution in [2.45, 2.75) is 32.0 Å². The maximum atomic E-state index is 11.9.